The van der Waals surface area contributed by atoms with Crippen LogP contribution in [0.25, 0.3) is 0 Å². The number of benzene rings is 2. The second-order valence-corrected chi connectivity index (χ2v) is 7.66. The molecule has 27 heavy (non-hydrogen) atoms. The summed E-state index contributed by atoms with van der Waals surface area (Å²) in [5, 5.41) is 2.47. The lowest BCUT2D eigenvalue weighted by molar-refractivity contribution is -0.116. The summed E-state index contributed by atoms with van der Waals surface area (Å²) in [6.07, 6.45) is 1.01. The molecule has 2 rings (SSSR count). The summed E-state index contributed by atoms with van der Waals surface area (Å²) in [4.78, 5) is 12.1. The first-order chi connectivity index (χ1) is 12.8. The number of anilines is 1. The maximum absolute atomic E-state index is 13.2. The molecule has 2 aromatic rings. The van der Waals surface area contributed by atoms with Crippen LogP contribution >= 0.6 is 0 Å². The van der Waals surface area contributed by atoms with E-state index < -0.39 is 28.3 Å². The van der Waals surface area contributed by atoms with E-state index in [1.807, 2.05) is 0 Å². The standard InChI is InChI=1S/C18H21FN2O5S/c1-25-16-6-8-17(9-7-16)26-11-10-21(27(2,23)24)13-18(22)20-15-5-3-4-14(19)12-15/h3-9,12H,10-11,13H2,1-2H3,(H,20,22). The Morgan fingerprint density at radius 3 is 2.41 bits per heavy atom. The van der Waals surface area contributed by atoms with Gasteiger partial charge in [-0.1, -0.05) is 6.07 Å². The lowest BCUT2D eigenvalue weighted by atomic mass is 10.3. The van der Waals surface area contributed by atoms with Gasteiger partial charge in [0.1, 0.15) is 23.9 Å². The van der Waals surface area contributed by atoms with Crippen LogP contribution in [0, 0.1) is 5.82 Å². The van der Waals surface area contributed by atoms with Gasteiger partial charge < -0.3 is 14.8 Å². The molecule has 1 N–H and O–H groups in total. The normalized spacial score (nSPS) is 11.3. The van der Waals surface area contributed by atoms with Crippen molar-refractivity contribution in [2.45, 2.75) is 0 Å². The van der Waals surface area contributed by atoms with Gasteiger partial charge in [-0.05, 0) is 42.5 Å². The fourth-order valence-electron chi connectivity index (χ4n) is 2.23. The zero-order valence-electron chi connectivity index (χ0n) is 15.0. The molecule has 0 aromatic heterocycles. The molecule has 0 heterocycles. The van der Waals surface area contributed by atoms with Crippen molar-refractivity contribution in [2.24, 2.45) is 0 Å². The van der Waals surface area contributed by atoms with E-state index in [0.29, 0.717) is 11.5 Å². The molecule has 146 valence electrons. The number of ether oxygens (including phenoxy) is 2. The zero-order valence-corrected chi connectivity index (χ0v) is 15.8. The van der Waals surface area contributed by atoms with Crippen molar-refractivity contribution in [3.63, 3.8) is 0 Å². The van der Waals surface area contributed by atoms with E-state index in [-0.39, 0.29) is 18.8 Å². The third-order valence-corrected chi connectivity index (χ3v) is 4.82. The van der Waals surface area contributed by atoms with Crippen LogP contribution in [-0.4, -0.2) is 51.7 Å². The van der Waals surface area contributed by atoms with Gasteiger partial charge >= 0.3 is 0 Å². The number of nitrogens with one attached hydrogen (secondary N) is 1. The number of methoxy groups -OCH3 is 1. The van der Waals surface area contributed by atoms with Gasteiger partial charge in [-0.15, -0.1) is 0 Å². The summed E-state index contributed by atoms with van der Waals surface area (Å²) < 4.78 is 48.5. The molecule has 0 spiro atoms. The van der Waals surface area contributed by atoms with E-state index in [1.54, 1.807) is 31.4 Å². The fourth-order valence-corrected chi connectivity index (χ4v) is 2.98. The van der Waals surface area contributed by atoms with E-state index in [4.69, 9.17) is 9.47 Å². The molecule has 0 aliphatic carbocycles. The summed E-state index contributed by atoms with van der Waals surface area (Å²) >= 11 is 0. The van der Waals surface area contributed by atoms with Crippen molar-refractivity contribution in [1.29, 1.82) is 0 Å². The molecule has 1 amide bonds. The highest BCUT2D eigenvalue weighted by atomic mass is 32.2. The van der Waals surface area contributed by atoms with Gasteiger partial charge in [0.05, 0.1) is 19.9 Å². The second-order valence-electron chi connectivity index (χ2n) is 5.68. The summed E-state index contributed by atoms with van der Waals surface area (Å²) in [7, 11) is -2.08. The first-order valence-electron chi connectivity index (χ1n) is 8.05. The van der Waals surface area contributed by atoms with Gasteiger partial charge in [0.25, 0.3) is 0 Å². The minimum atomic E-state index is -3.63. The van der Waals surface area contributed by atoms with Gasteiger partial charge in [0.2, 0.25) is 15.9 Å². The van der Waals surface area contributed by atoms with Crippen LogP contribution in [0.5, 0.6) is 11.5 Å². The smallest absolute Gasteiger partial charge is 0.239 e. The fraction of sp³-hybridized carbons (Fsp3) is 0.278. The molecule has 9 heteroatoms. The first-order valence-corrected chi connectivity index (χ1v) is 9.90. The van der Waals surface area contributed by atoms with Crippen LogP contribution < -0.4 is 14.8 Å². The first kappa shape index (κ1) is 20.7. The Morgan fingerprint density at radius 1 is 1.15 bits per heavy atom. The van der Waals surface area contributed by atoms with Crippen LogP contribution in [0.2, 0.25) is 0 Å². The average Bonchev–Trinajstić information content (AvgIpc) is 2.60. The number of hydrogen-bond donors (Lipinski definition) is 1. The summed E-state index contributed by atoms with van der Waals surface area (Å²) in [6.45, 7) is -0.352. The lowest BCUT2D eigenvalue weighted by Crippen LogP contribution is -2.39. The molecule has 7 nitrogen and oxygen atoms in total. The van der Waals surface area contributed by atoms with E-state index >= 15 is 0 Å². The Bertz CT molecular complexity index is 872. The SMILES string of the molecule is COc1ccc(OCCN(CC(=O)Nc2cccc(F)c2)S(C)(=O)=O)cc1. The molecule has 0 radical (unpaired) electrons. The maximum atomic E-state index is 13.2. The zero-order chi connectivity index (χ0) is 19.9. The molecule has 0 atom stereocenters. The van der Waals surface area contributed by atoms with E-state index in [2.05, 4.69) is 5.32 Å². The number of carbonyl (C=O) groups excluding carboxylic acids is 1. The van der Waals surface area contributed by atoms with Crippen molar-refractivity contribution < 1.29 is 27.1 Å². The number of rotatable bonds is 9. The Labute approximate surface area is 157 Å². The summed E-state index contributed by atoms with van der Waals surface area (Å²) in [5.74, 6) is 0.152. The average molecular weight is 396 g/mol. The Kier molecular flexibility index (Phi) is 7.14. The maximum Gasteiger partial charge on any atom is 0.239 e. The van der Waals surface area contributed by atoms with Crippen LogP contribution in [0.3, 0.4) is 0 Å². The highest BCUT2D eigenvalue weighted by molar-refractivity contribution is 7.88. The summed E-state index contributed by atoms with van der Waals surface area (Å²) in [6, 6.07) is 12.2. The number of carbonyl (C=O) groups is 1. The molecule has 0 saturated carbocycles. The van der Waals surface area contributed by atoms with E-state index in [0.717, 1.165) is 16.6 Å². The number of halogens is 1. The molecular weight excluding hydrogens is 375 g/mol. The van der Waals surface area contributed by atoms with Gasteiger partial charge in [-0.25, -0.2) is 12.8 Å². The second kappa shape index (κ2) is 9.33. The van der Waals surface area contributed by atoms with Crippen LogP contribution in [-0.2, 0) is 14.8 Å². The Morgan fingerprint density at radius 2 is 1.81 bits per heavy atom. The number of hydrogen-bond acceptors (Lipinski definition) is 5. The van der Waals surface area contributed by atoms with Crippen LogP contribution in [0.1, 0.15) is 0 Å². The van der Waals surface area contributed by atoms with Crippen LogP contribution in [0.15, 0.2) is 48.5 Å². The minimum absolute atomic E-state index is 0.0125. The number of sulfonamides is 1. The molecule has 0 unspecified atom stereocenters. The van der Waals surface area contributed by atoms with Gasteiger partial charge in [0, 0.05) is 12.2 Å². The third-order valence-electron chi connectivity index (χ3n) is 3.57. The van der Waals surface area contributed by atoms with Crippen molar-refractivity contribution in [3.05, 3.63) is 54.3 Å². The monoisotopic (exact) mass is 396 g/mol. The third kappa shape index (κ3) is 6.87. The van der Waals surface area contributed by atoms with Gasteiger partial charge in [0.15, 0.2) is 0 Å². The largest absolute Gasteiger partial charge is 0.497 e. The van der Waals surface area contributed by atoms with Crippen molar-refractivity contribution in [3.8, 4) is 11.5 Å². The topological polar surface area (TPSA) is 84.9 Å². The van der Waals surface area contributed by atoms with Gasteiger partial charge in [-0.2, -0.15) is 4.31 Å². The van der Waals surface area contributed by atoms with Crippen molar-refractivity contribution >= 4 is 21.6 Å². The minimum Gasteiger partial charge on any atom is -0.497 e. The van der Waals surface area contributed by atoms with Gasteiger partial charge in [-0.3, -0.25) is 4.79 Å². The van der Waals surface area contributed by atoms with Crippen molar-refractivity contribution in [1.82, 2.24) is 4.31 Å². The predicted octanol–water partition coefficient (Wildman–Crippen LogP) is 2.11. The highest BCUT2D eigenvalue weighted by Gasteiger charge is 2.20. The molecule has 0 saturated heterocycles. The molecule has 0 aliphatic rings. The van der Waals surface area contributed by atoms with Crippen LogP contribution in [0.4, 0.5) is 10.1 Å². The molecule has 0 aliphatic heterocycles. The molecule has 2 aromatic carbocycles. The van der Waals surface area contributed by atoms with E-state index in [9.17, 15) is 17.6 Å². The highest BCUT2D eigenvalue weighted by Crippen LogP contribution is 2.17. The van der Waals surface area contributed by atoms with Crippen molar-refractivity contribution in [2.75, 3.05) is 38.4 Å². The lowest BCUT2D eigenvalue weighted by Gasteiger charge is -2.19. The molecule has 0 bridgehead atoms. The number of nitrogens with zero attached hydrogens (tertiary/aromatic N) is 1. The summed E-state index contributed by atoms with van der Waals surface area (Å²) in [5.41, 5.74) is 0.253. The molecular formula is C18H21FN2O5S. The Balaban J connectivity index is 1.91. The predicted molar refractivity (Wildman–Crippen MR) is 99.9 cm³/mol. The Hall–Kier alpha value is -2.65. The van der Waals surface area contributed by atoms with E-state index in [1.165, 1.54) is 18.2 Å². The quantitative estimate of drug-likeness (QED) is 0.702. The number of amides is 1. The molecule has 0 fully saturated rings.